The van der Waals surface area contributed by atoms with Crippen molar-refractivity contribution in [3.63, 3.8) is 0 Å². The van der Waals surface area contributed by atoms with Crippen LogP contribution in [0.3, 0.4) is 0 Å². The molecule has 0 atom stereocenters. The summed E-state index contributed by atoms with van der Waals surface area (Å²) in [7, 11) is 1.62. The Hall–Kier alpha value is -1.52. The first kappa shape index (κ1) is 8.58. The van der Waals surface area contributed by atoms with E-state index in [0.717, 1.165) is 0 Å². The molecular formula is C7H12N4O. The van der Waals surface area contributed by atoms with E-state index < -0.39 is 0 Å². The van der Waals surface area contributed by atoms with E-state index in [4.69, 9.17) is 5.73 Å². The van der Waals surface area contributed by atoms with Crippen molar-refractivity contribution in [2.45, 2.75) is 13.0 Å². The van der Waals surface area contributed by atoms with Gasteiger partial charge in [-0.05, 0) is 0 Å². The Morgan fingerprint density at radius 3 is 3.08 bits per heavy atom. The van der Waals surface area contributed by atoms with Crippen molar-refractivity contribution in [3.05, 3.63) is 12.5 Å². The Morgan fingerprint density at radius 1 is 1.83 bits per heavy atom. The summed E-state index contributed by atoms with van der Waals surface area (Å²) in [6.07, 6.45) is 3.76. The van der Waals surface area contributed by atoms with Crippen LogP contribution in [0.15, 0.2) is 12.5 Å². The number of hydrogen-bond acceptors (Lipinski definition) is 3. The Kier molecular flexibility index (Phi) is 2.68. The fourth-order valence-electron chi connectivity index (χ4n) is 0.855. The lowest BCUT2D eigenvalue weighted by Gasteiger charge is -1.99. The molecule has 0 aliphatic heterocycles. The molecule has 0 bridgehead atoms. The average Bonchev–Trinajstić information content (AvgIpc) is 2.47. The highest BCUT2D eigenvalue weighted by Crippen LogP contribution is 1.97. The number of imidazole rings is 1. The van der Waals surface area contributed by atoms with E-state index in [9.17, 15) is 4.79 Å². The van der Waals surface area contributed by atoms with Crippen LogP contribution in [0.25, 0.3) is 0 Å². The number of rotatable bonds is 3. The van der Waals surface area contributed by atoms with E-state index in [2.05, 4.69) is 10.3 Å². The van der Waals surface area contributed by atoms with E-state index in [-0.39, 0.29) is 5.91 Å². The van der Waals surface area contributed by atoms with Crippen LogP contribution in [-0.2, 0) is 11.3 Å². The Labute approximate surface area is 70.6 Å². The van der Waals surface area contributed by atoms with Gasteiger partial charge in [0.25, 0.3) is 0 Å². The topological polar surface area (TPSA) is 72.9 Å². The number of carbonyl (C=O) groups is 1. The second-order valence-electron chi connectivity index (χ2n) is 2.46. The van der Waals surface area contributed by atoms with E-state index in [1.807, 2.05) is 0 Å². The molecule has 0 fully saturated rings. The van der Waals surface area contributed by atoms with E-state index in [0.29, 0.717) is 18.8 Å². The first-order valence-electron chi connectivity index (χ1n) is 3.70. The van der Waals surface area contributed by atoms with Gasteiger partial charge in [-0.1, -0.05) is 0 Å². The van der Waals surface area contributed by atoms with Gasteiger partial charge in [-0.2, -0.15) is 0 Å². The summed E-state index contributed by atoms with van der Waals surface area (Å²) in [6, 6.07) is 0. The lowest BCUT2D eigenvalue weighted by molar-refractivity contribution is -0.120. The van der Waals surface area contributed by atoms with Crippen LogP contribution in [0.1, 0.15) is 6.42 Å². The van der Waals surface area contributed by atoms with Gasteiger partial charge in [0.2, 0.25) is 5.91 Å². The fourth-order valence-corrected chi connectivity index (χ4v) is 0.855. The van der Waals surface area contributed by atoms with Crippen molar-refractivity contribution >= 4 is 11.7 Å². The van der Waals surface area contributed by atoms with Crippen LogP contribution >= 0.6 is 0 Å². The van der Waals surface area contributed by atoms with E-state index >= 15 is 0 Å². The SMILES string of the molecule is CNC(=O)CCn1cnc(N)c1. The van der Waals surface area contributed by atoms with Crippen molar-refractivity contribution < 1.29 is 4.79 Å². The zero-order valence-electron chi connectivity index (χ0n) is 6.95. The van der Waals surface area contributed by atoms with Crippen LogP contribution in [0, 0.1) is 0 Å². The molecule has 0 aliphatic carbocycles. The summed E-state index contributed by atoms with van der Waals surface area (Å²) in [5, 5.41) is 2.54. The van der Waals surface area contributed by atoms with Gasteiger partial charge in [-0.15, -0.1) is 0 Å². The van der Waals surface area contributed by atoms with Gasteiger partial charge in [0.05, 0.1) is 6.33 Å². The molecule has 66 valence electrons. The third-order valence-corrected chi connectivity index (χ3v) is 1.53. The van der Waals surface area contributed by atoms with Crippen LogP contribution in [0.2, 0.25) is 0 Å². The maximum absolute atomic E-state index is 10.8. The molecular weight excluding hydrogens is 156 g/mol. The summed E-state index contributed by atoms with van der Waals surface area (Å²) in [5.41, 5.74) is 5.38. The van der Waals surface area contributed by atoms with Crippen molar-refractivity contribution in [2.24, 2.45) is 0 Å². The number of aromatic nitrogens is 2. The molecule has 1 aromatic rings. The fraction of sp³-hybridized carbons (Fsp3) is 0.429. The van der Waals surface area contributed by atoms with Gasteiger partial charge in [0.1, 0.15) is 5.82 Å². The summed E-state index contributed by atoms with van der Waals surface area (Å²) >= 11 is 0. The van der Waals surface area contributed by atoms with Crippen LogP contribution < -0.4 is 11.1 Å². The molecule has 5 heteroatoms. The highest BCUT2D eigenvalue weighted by Gasteiger charge is 1.98. The molecule has 1 aromatic heterocycles. The third-order valence-electron chi connectivity index (χ3n) is 1.53. The lowest BCUT2D eigenvalue weighted by atomic mass is 10.4. The van der Waals surface area contributed by atoms with Crippen LogP contribution in [0.4, 0.5) is 5.82 Å². The minimum atomic E-state index is 0.0160. The van der Waals surface area contributed by atoms with Gasteiger partial charge in [0.15, 0.2) is 0 Å². The molecule has 0 aliphatic rings. The maximum atomic E-state index is 10.8. The molecule has 0 unspecified atom stereocenters. The second-order valence-corrected chi connectivity index (χ2v) is 2.46. The highest BCUT2D eigenvalue weighted by atomic mass is 16.1. The van der Waals surface area contributed by atoms with Crippen LogP contribution in [0.5, 0.6) is 0 Å². The number of nitrogens with zero attached hydrogens (tertiary/aromatic N) is 2. The molecule has 12 heavy (non-hydrogen) atoms. The number of nitrogen functional groups attached to an aromatic ring is 1. The summed E-state index contributed by atoms with van der Waals surface area (Å²) in [6.45, 7) is 0.615. The zero-order chi connectivity index (χ0) is 8.97. The third kappa shape index (κ3) is 2.26. The largest absolute Gasteiger partial charge is 0.382 e. The highest BCUT2D eigenvalue weighted by molar-refractivity contribution is 5.75. The number of anilines is 1. The van der Waals surface area contributed by atoms with Crippen molar-refractivity contribution in [2.75, 3.05) is 12.8 Å². The summed E-state index contributed by atoms with van der Waals surface area (Å²) < 4.78 is 1.78. The molecule has 5 nitrogen and oxygen atoms in total. The molecule has 1 heterocycles. The van der Waals surface area contributed by atoms with Crippen LogP contribution in [-0.4, -0.2) is 22.5 Å². The minimum Gasteiger partial charge on any atom is -0.382 e. The van der Waals surface area contributed by atoms with E-state index in [1.165, 1.54) is 0 Å². The number of hydrogen-bond donors (Lipinski definition) is 2. The summed E-state index contributed by atoms with van der Waals surface area (Å²) in [5.74, 6) is 0.495. The normalized spacial score (nSPS) is 9.75. The van der Waals surface area contributed by atoms with Gasteiger partial charge >= 0.3 is 0 Å². The number of nitrogens with two attached hydrogens (primary N) is 1. The van der Waals surface area contributed by atoms with Gasteiger partial charge in [-0.25, -0.2) is 4.98 Å². The van der Waals surface area contributed by atoms with Crippen molar-refractivity contribution in [1.82, 2.24) is 14.9 Å². The quantitative estimate of drug-likeness (QED) is 0.645. The molecule has 1 amide bonds. The standard InChI is InChI=1S/C7H12N4O/c1-9-7(12)2-3-11-4-6(8)10-5-11/h4-5H,2-3,8H2,1H3,(H,9,12). The van der Waals surface area contributed by atoms with Crippen molar-refractivity contribution in [3.8, 4) is 0 Å². The van der Waals surface area contributed by atoms with Gasteiger partial charge in [-0.3, -0.25) is 4.79 Å². The number of amides is 1. The van der Waals surface area contributed by atoms with E-state index in [1.54, 1.807) is 24.1 Å². The zero-order valence-corrected chi connectivity index (χ0v) is 6.95. The molecule has 0 saturated carbocycles. The molecule has 0 saturated heterocycles. The lowest BCUT2D eigenvalue weighted by Crippen LogP contribution is -2.19. The number of carbonyl (C=O) groups excluding carboxylic acids is 1. The Morgan fingerprint density at radius 2 is 2.58 bits per heavy atom. The maximum Gasteiger partial charge on any atom is 0.221 e. The molecule has 0 aromatic carbocycles. The monoisotopic (exact) mass is 168 g/mol. The molecule has 3 N–H and O–H groups in total. The molecule has 1 rings (SSSR count). The number of aryl methyl sites for hydroxylation is 1. The average molecular weight is 168 g/mol. The van der Waals surface area contributed by atoms with Gasteiger partial charge < -0.3 is 15.6 Å². The van der Waals surface area contributed by atoms with Gasteiger partial charge in [0, 0.05) is 26.2 Å². The summed E-state index contributed by atoms with van der Waals surface area (Å²) in [4.78, 5) is 14.6. The molecule has 0 radical (unpaired) electrons. The Balaban J connectivity index is 2.38. The van der Waals surface area contributed by atoms with Crippen molar-refractivity contribution in [1.29, 1.82) is 0 Å². The first-order valence-corrected chi connectivity index (χ1v) is 3.70. The minimum absolute atomic E-state index is 0.0160. The predicted octanol–water partition coefficient (Wildman–Crippen LogP) is -0.399. The number of nitrogens with one attached hydrogen (secondary N) is 1. The first-order chi connectivity index (χ1) is 5.72. The Bertz CT molecular complexity index is 268. The second kappa shape index (κ2) is 3.75. The smallest absolute Gasteiger partial charge is 0.221 e. The molecule has 0 spiro atoms. The predicted molar refractivity (Wildman–Crippen MR) is 45.3 cm³/mol.